The van der Waals surface area contributed by atoms with Crippen molar-refractivity contribution in [2.45, 2.75) is 354 Å². The summed E-state index contributed by atoms with van der Waals surface area (Å²) in [7, 11) is 0. The Morgan fingerprint density at radius 3 is 0.744 bits per heavy atom. The summed E-state index contributed by atoms with van der Waals surface area (Å²) in [4.78, 5) is 38.4. The highest BCUT2D eigenvalue weighted by Crippen LogP contribution is 2.18. The highest BCUT2D eigenvalue weighted by molar-refractivity contribution is 5.71. The largest absolute Gasteiger partial charge is 0.462 e. The smallest absolute Gasteiger partial charge is 0.306 e. The molecular formula is C76H132O6. The fourth-order valence-electron chi connectivity index (χ4n) is 10.1. The molecule has 0 aromatic heterocycles. The van der Waals surface area contributed by atoms with Crippen molar-refractivity contribution in [3.63, 3.8) is 0 Å². The van der Waals surface area contributed by atoms with Crippen molar-refractivity contribution >= 4 is 17.9 Å². The Morgan fingerprint density at radius 1 is 0.256 bits per heavy atom. The van der Waals surface area contributed by atoms with Gasteiger partial charge in [-0.25, -0.2) is 0 Å². The number of ether oxygens (including phenoxy) is 3. The minimum atomic E-state index is -0.795. The van der Waals surface area contributed by atoms with Crippen molar-refractivity contribution in [3.8, 4) is 0 Å². The molecule has 82 heavy (non-hydrogen) atoms. The first-order valence-electron chi connectivity index (χ1n) is 35.2. The van der Waals surface area contributed by atoms with Gasteiger partial charge in [0.2, 0.25) is 0 Å². The number of unbranched alkanes of at least 4 members (excludes halogenated alkanes) is 37. The second-order valence-electron chi connectivity index (χ2n) is 23.4. The number of hydrogen-bond acceptors (Lipinski definition) is 6. The lowest BCUT2D eigenvalue weighted by Crippen LogP contribution is -2.30. The van der Waals surface area contributed by atoms with Crippen LogP contribution in [0.15, 0.2) is 97.2 Å². The summed E-state index contributed by atoms with van der Waals surface area (Å²) in [6.45, 7) is 6.55. The Bertz CT molecular complexity index is 1590. The molecule has 1 atom stereocenters. The zero-order chi connectivity index (χ0) is 59.2. The number of hydrogen-bond donors (Lipinski definition) is 0. The maximum absolute atomic E-state index is 13.0. The van der Waals surface area contributed by atoms with Gasteiger partial charge in [-0.15, -0.1) is 0 Å². The van der Waals surface area contributed by atoms with Gasteiger partial charge in [0, 0.05) is 19.3 Å². The van der Waals surface area contributed by atoms with E-state index in [1.165, 1.54) is 199 Å². The predicted octanol–water partition coefficient (Wildman–Crippen LogP) is 24.4. The molecule has 0 spiro atoms. The van der Waals surface area contributed by atoms with Gasteiger partial charge in [-0.1, -0.05) is 343 Å². The summed E-state index contributed by atoms with van der Waals surface area (Å²) in [6, 6.07) is 0. The SMILES string of the molecule is CC/C=C\C/C=C\C/C=C\C/C=C\C/C=C\C/C=C\C/C=C\C/C=C\CCCCC(=O)OCC(COC(=O)CCCCCCCCCCCCCCCCC)OC(=O)CCCCCCCCCCCCCCCCCCCCCCCC. The standard InChI is InChI=1S/C76H132O6/c1-4-7-10-13-16-19-22-25-28-30-32-34-36-37-38-39-40-42-43-45-48-51-54-57-60-63-66-69-75(78)81-72-73(71-80-74(77)68-65-62-59-56-53-50-47-27-24-21-18-15-12-9-6-3)82-76(79)70-67-64-61-58-55-52-49-46-44-41-35-33-31-29-26-23-20-17-14-11-8-5-2/h7,10,16,19,25,28,32,34,37-38,40,42,45,48,54,57,73H,4-6,8-9,11-15,17-18,20-24,26-27,29-31,33,35-36,39,41,43-44,46-47,49-53,55-56,58-72H2,1-3H3/b10-7-,19-16-,28-25-,34-32-,38-37-,42-40-,48-45-,57-54-. The Balaban J connectivity index is 4.40. The van der Waals surface area contributed by atoms with Crippen LogP contribution >= 0.6 is 0 Å². The molecule has 0 amide bonds. The molecule has 0 saturated carbocycles. The molecule has 0 heterocycles. The Labute approximate surface area is 508 Å². The van der Waals surface area contributed by atoms with Gasteiger partial charge in [-0.3, -0.25) is 14.4 Å². The third-order valence-corrected chi connectivity index (χ3v) is 15.4. The topological polar surface area (TPSA) is 78.9 Å². The van der Waals surface area contributed by atoms with Crippen LogP contribution in [-0.2, 0) is 28.6 Å². The average Bonchev–Trinajstić information content (AvgIpc) is 3.47. The van der Waals surface area contributed by atoms with E-state index in [0.717, 1.165) is 109 Å². The lowest BCUT2D eigenvalue weighted by atomic mass is 10.0. The molecular weight excluding hydrogens is 1010 g/mol. The van der Waals surface area contributed by atoms with Gasteiger partial charge < -0.3 is 14.2 Å². The van der Waals surface area contributed by atoms with E-state index in [1.807, 2.05) is 0 Å². The van der Waals surface area contributed by atoms with Crippen LogP contribution in [0.3, 0.4) is 0 Å². The number of esters is 3. The van der Waals surface area contributed by atoms with E-state index in [4.69, 9.17) is 14.2 Å². The molecule has 0 fully saturated rings. The van der Waals surface area contributed by atoms with Crippen molar-refractivity contribution in [2.24, 2.45) is 0 Å². The predicted molar refractivity (Wildman–Crippen MR) is 357 cm³/mol. The summed E-state index contributed by atoms with van der Waals surface area (Å²) in [5.74, 6) is -0.913. The van der Waals surface area contributed by atoms with Crippen molar-refractivity contribution in [1.82, 2.24) is 0 Å². The van der Waals surface area contributed by atoms with Crippen molar-refractivity contribution < 1.29 is 28.6 Å². The number of allylic oxidation sites excluding steroid dienone is 16. The van der Waals surface area contributed by atoms with Crippen LogP contribution in [0, 0.1) is 0 Å². The monoisotopic (exact) mass is 1140 g/mol. The summed E-state index contributed by atoms with van der Waals surface area (Å²) in [5.41, 5.74) is 0. The van der Waals surface area contributed by atoms with Crippen molar-refractivity contribution in [1.29, 1.82) is 0 Å². The minimum absolute atomic E-state index is 0.0867. The zero-order valence-corrected chi connectivity index (χ0v) is 54.2. The van der Waals surface area contributed by atoms with Gasteiger partial charge in [0.25, 0.3) is 0 Å². The van der Waals surface area contributed by atoms with E-state index < -0.39 is 6.10 Å². The first kappa shape index (κ1) is 78.3. The molecule has 6 nitrogen and oxygen atoms in total. The van der Waals surface area contributed by atoms with Crippen LogP contribution in [0.1, 0.15) is 348 Å². The molecule has 0 bridgehead atoms. The van der Waals surface area contributed by atoms with Crippen LogP contribution in [0.5, 0.6) is 0 Å². The first-order chi connectivity index (χ1) is 40.5. The normalized spacial score (nSPS) is 12.7. The lowest BCUT2D eigenvalue weighted by molar-refractivity contribution is -0.167. The molecule has 1 unspecified atom stereocenters. The maximum Gasteiger partial charge on any atom is 0.306 e. The summed E-state index contributed by atoms with van der Waals surface area (Å²) in [5, 5.41) is 0. The summed E-state index contributed by atoms with van der Waals surface area (Å²) < 4.78 is 17.0. The van der Waals surface area contributed by atoms with E-state index in [0.29, 0.717) is 19.3 Å². The Morgan fingerprint density at radius 2 is 0.476 bits per heavy atom. The van der Waals surface area contributed by atoms with Gasteiger partial charge in [-0.2, -0.15) is 0 Å². The fourth-order valence-corrected chi connectivity index (χ4v) is 10.1. The maximum atomic E-state index is 13.0. The van der Waals surface area contributed by atoms with Crippen LogP contribution in [0.25, 0.3) is 0 Å². The zero-order valence-electron chi connectivity index (χ0n) is 54.2. The second kappa shape index (κ2) is 69.8. The van der Waals surface area contributed by atoms with Crippen LogP contribution in [0.2, 0.25) is 0 Å². The third kappa shape index (κ3) is 67.1. The van der Waals surface area contributed by atoms with Gasteiger partial charge >= 0.3 is 17.9 Å². The molecule has 0 rings (SSSR count). The van der Waals surface area contributed by atoms with Gasteiger partial charge in [-0.05, 0) is 83.5 Å². The molecule has 0 radical (unpaired) electrons. The number of carbonyl (C=O) groups is 3. The lowest BCUT2D eigenvalue weighted by Gasteiger charge is -2.18. The minimum Gasteiger partial charge on any atom is -0.462 e. The molecule has 472 valence electrons. The number of carbonyl (C=O) groups excluding carboxylic acids is 3. The van der Waals surface area contributed by atoms with Crippen molar-refractivity contribution in [2.75, 3.05) is 13.2 Å². The first-order valence-corrected chi connectivity index (χ1v) is 35.2. The van der Waals surface area contributed by atoms with Crippen LogP contribution in [-0.4, -0.2) is 37.2 Å². The quantitative estimate of drug-likeness (QED) is 0.0261. The summed E-state index contributed by atoms with van der Waals surface area (Å²) >= 11 is 0. The molecule has 0 N–H and O–H groups in total. The van der Waals surface area contributed by atoms with E-state index >= 15 is 0 Å². The van der Waals surface area contributed by atoms with E-state index in [1.54, 1.807) is 0 Å². The van der Waals surface area contributed by atoms with E-state index in [-0.39, 0.29) is 31.1 Å². The average molecular weight is 1140 g/mol. The Kier molecular flexibility index (Phi) is 66.7. The Hall–Kier alpha value is -3.67. The molecule has 0 saturated heterocycles. The van der Waals surface area contributed by atoms with Gasteiger partial charge in [0.15, 0.2) is 6.10 Å². The molecule has 0 aliphatic rings. The van der Waals surface area contributed by atoms with E-state index in [2.05, 4.69) is 118 Å². The van der Waals surface area contributed by atoms with Crippen LogP contribution < -0.4 is 0 Å². The fraction of sp³-hybridized carbons (Fsp3) is 0.750. The van der Waals surface area contributed by atoms with Crippen LogP contribution in [0.4, 0.5) is 0 Å². The third-order valence-electron chi connectivity index (χ3n) is 15.4. The summed E-state index contributed by atoms with van der Waals surface area (Å²) in [6.07, 6.45) is 94.3. The molecule has 0 aliphatic carbocycles. The van der Waals surface area contributed by atoms with E-state index in [9.17, 15) is 14.4 Å². The van der Waals surface area contributed by atoms with Gasteiger partial charge in [0.05, 0.1) is 0 Å². The molecule has 0 aromatic rings. The molecule has 0 aromatic carbocycles. The second-order valence-corrected chi connectivity index (χ2v) is 23.4. The van der Waals surface area contributed by atoms with Gasteiger partial charge in [0.1, 0.15) is 13.2 Å². The molecule has 6 heteroatoms. The molecule has 0 aliphatic heterocycles. The van der Waals surface area contributed by atoms with Crippen molar-refractivity contribution in [3.05, 3.63) is 97.2 Å². The highest BCUT2D eigenvalue weighted by atomic mass is 16.6. The number of rotatable bonds is 64. The highest BCUT2D eigenvalue weighted by Gasteiger charge is 2.19.